The number of nitro groups is 1. The maximum Gasteiger partial charge on any atom is 0.310 e. The fraction of sp³-hybridized carbons (Fsp3) is 0.138. The van der Waals surface area contributed by atoms with Crippen LogP contribution < -0.4 is 20.7 Å². The minimum Gasteiger partial charge on any atom is -0.490 e. The highest BCUT2D eigenvalue weighted by molar-refractivity contribution is 6.12. The SMILES string of the molecule is COc1cc(-c2ccc3c(c2)Nc2ccc(CC(=O)NCCc4ccncc4)cc2NC3=O)ccc1[N+](=O)[O-]. The van der Waals surface area contributed by atoms with E-state index in [-0.39, 0.29) is 29.7 Å². The van der Waals surface area contributed by atoms with Gasteiger partial charge < -0.3 is 20.7 Å². The third kappa shape index (κ3) is 5.69. The van der Waals surface area contributed by atoms with Gasteiger partial charge in [-0.25, -0.2) is 0 Å². The molecule has 2 heterocycles. The summed E-state index contributed by atoms with van der Waals surface area (Å²) in [7, 11) is 1.38. The van der Waals surface area contributed by atoms with Gasteiger partial charge in [0.2, 0.25) is 5.91 Å². The van der Waals surface area contributed by atoms with E-state index < -0.39 is 4.92 Å². The van der Waals surface area contributed by atoms with Crippen LogP contribution in [0, 0.1) is 10.1 Å². The molecule has 0 radical (unpaired) electrons. The van der Waals surface area contributed by atoms with Crippen molar-refractivity contribution in [1.82, 2.24) is 10.3 Å². The van der Waals surface area contributed by atoms with Gasteiger partial charge in [0.05, 0.1) is 41.1 Å². The Hall–Kier alpha value is -5.25. The summed E-state index contributed by atoms with van der Waals surface area (Å²) in [4.78, 5) is 40.2. The van der Waals surface area contributed by atoms with Crippen LogP contribution in [0.4, 0.5) is 22.7 Å². The van der Waals surface area contributed by atoms with Crippen LogP contribution in [0.25, 0.3) is 11.1 Å². The number of fused-ring (bicyclic) bond motifs is 2. The number of nitrogens with zero attached hydrogens (tertiary/aromatic N) is 2. The van der Waals surface area contributed by atoms with Crippen molar-refractivity contribution < 1.29 is 19.2 Å². The second kappa shape index (κ2) is 11.0. The number of aromatic nitrogens is 1. The van der Waals surface area contributed by atoms with E-state index >= 15 is 0 Å². The molecule has 1 aromatic heterocycles. The van der Waals surface area contributed by atoms with Crippen molar-refractivity contribution in [3.05, 3.63) is 106 Å². The summed E-state index contributed by atoms with van der Waals surface area (Å²) in [5, 5.41) is 20.4. The molecule has 0 saturated carbocycles. The highest BCUT2D eigenvalue weighted by atomic mass is 16.6. The first-order chi connectivity index (χ1) is 18.9. The Labute approximate surface area is 224 Å². The van der Waals surface area contributed by atoms with Gasteiger partial charge in [-0.2, -0.15) is 0 Å². The molecule has 0 aliphatic carbocycles. The molecule has 1 aliphatic heterocycles. The van der Waals surface area contributed by atoms with Crippen molar-refractivity contribution in [2.45, 2.75) is 12.8 Å². The molecular formula is C29H25N5O5. The van der Waals surface area contributed by atoms with Gasteiger partial charge in [-0.05, 0) is 77.2 Å². The van der Waals surface area contributed by atoms with Gasteiger partial charge in [0.25, 0.3) is 5.91 Å². The number of carbonyl (C=O) groups excluding carboxylic acids is 2. The highest BCUT2D eigenvalue weighted by Crippen LogP contribution is 2.37. The van der Waals surface area contributed by atoms with Crippen molar-refractivity contribution in [1.29, 1.82) is 0 Å². The summed E-state index contributed by atoms with van der Waals surface area (Å²) < 4.78 is 5.19. The lowest BCUT2D eigenvalue weighted by Crippen LogP contribution is -2.27. The third-order valence-corrected chi connectivity index (χ3v) is 6.43. The van der Waals surface area contributed by atoms with Crippen LogP contribution in [0.15, 0.2) is 79.1 Å². The van der Waals surface area contributed by atoms with Crippen LogP contribution in [-0.2, 0) is 17.6 Å². The molecule has 5 rings (SSSR count). The van der Waals surface area contributed by atoms with Gasteiger partial charge in [0, 0.05) is 25.0 Å². The lowest BCUT2D eigenvalue weighted by atomic mass is 10.0. The Kier molecular flexibility index (Phi) is 7.17. The van der Waals surface area contributed by atoms with E-state index in [0.29, 0.717) is 41.2 Å². The number of hydrogen-bond acceptors (Lipinski definition) is 7. The Balaban J connectivity index is 1.31. The monoisotopic (exact) mass is 523 g/mol. The molecule has 0 saturated heterocycles. The van der Waals surface area contributed by atoms with Gasteiger partial charge in [-0.1, -0.05) is 12.1 Å². The molecule has 10 nitrogen and oxygen atoms in total. The summed E-state index contributed by atoms with van der Waals surface area (Å²) in [6, 6.07) is 19.2. The number of benzene rings is 3. The number of anilines is 3. The zero-order valence-electron chi connectivity index (χ0n) is 21.1. The highest BCUT2D eigenvalue weighted by Gasteiger charge is 2.21. The summed E-state index contributed by atoms with van der Waals surface area (Å²) >= 11 is 0. The topological polar surface area (TPSA) is 135 Å². The predicted octanol–water partition coefficient (Wildman–Crippen LogP) is 4.88. The van der Waals surface area contributed by atoms with Crippen LogP contribution in [0.5, 0.6) is 5.75 Å². The number of methoxy groups -OCH3 is 1. The van der Waals surface area contributed by atoms with E-state index in [1.54, 1.807) is 42.7 Å². The average molecular weight is 524 g/mol. The second-order valence-corrected chi connectivity index (χ2v) is 9.00. The molecule has 196 valence electrons. The Morgan fingerprint density at radius 2 is 1.69 bits per heavy atom. The summed E-state index contributed by atoms with van der Waals surface area (Å²) in [6.45, 7) is 0.518. The van der Waals surface area contributed by atoms with Crippen molar-refractivity contribution in [2.24, 2.45) is 0 Å². The minimum absolute atomic E-state index is 0.108. The normalized spacial score (nSPS) is 11.8. The standard InChI is InChI=1S/C29H25N5O5/c1-39-27-17-21(4-7-26(27)34(37)38)20-3-5-22-24(16-20)32-23-6-2-19(14-25(23)33-29(22)36)15-28(35)31-13-10-18-8-11-30-12-9-18/h2-9,11-12,14,16-17,32H,10,13,15H2,1H3,(H,31,35)(H,33,36). The van der Waals surface area contributed by atoms with E-state index in [9.17, 15) is 19.7 Å². The van der Waals surface area contributed by atoms with Crippen molar-refractivity contribution >= 4 is 34.6 Å². The molecule has 0 bridgehead atoms. The minimum atomic E-state index is -0.497. The Morgan fingerprint density at radius 1 is 0.923 bits per heavy atom. The van der Waals surface area contributed by atoms with Gasteiger partial charge in [-0.15, -0.1) is 0 Å². The maximum atomic E-state index is 13.0. The van der Waals surface area contributed by atoms with E-state index in [1.165, 1.54) is 13.2 Å². The van der Waals surface area contributed by atoms with Crippen molar-refractivity contribution in [3.63, 3.8) is 0 Å². The Morgan fingerprint density at radius 3 is 2.46 bits per heavy atom. The first-order valence-electron chi connectivity index (χ1n) is 12.2. The number of hydrogen-bond donors (Lipinski definition) is 3. The number of nitro benzene ring substituents is 1. The zero-order chi connectivity index (χ0) is 27.4. The first-order valence-corrected chi connectivity index (χ1v) is 12.2. The zero-order valence-corrected chi connectivity index (χ0v) is 21.1. The number of carbonyl (C=O) groups is 2. The summed E-state index contributed by atoms with van der Waals surface area (Å²) in [5.41, 5.74) is 5.48. The number of amides is 2. The molecule has 0 spiro atoms. The average Bonchev–Trinajstić information content (AvgIpc) is 3.08. The van der Waals surface area contributed by atoms with Crippen molar-refractivity contribution in [3.8, 4) is 16.9 Å². The lowest BCUT2D eigenvalue weighted by molar-refractivity contribution is -0.385. The van der Waals surface area contributed by atoms with Gasteiger partial charge in [0.15, 0.2) is 5.75 Å². The van der Waals surface area contributed by atoms with Crippen LogP contribution in [0.2, 0.25) is 0 Å². The lowest BCUT2D eigenvalue weighted by Gasteiger charge is -2.12. The summed E-state index contributed by atoms with van der Waals surface area (Å²) in [5.74, 6) is -0.246. The molecule has 10 heteroatoms. The largest absolute Gasteiger partial charge is 0.490 e. The number of nitrogens with one attached hydrogen (secondary N) is 3. The molecule has 4 aromatic rings. The fourth-order valence-corrected chi connectivity index (χ4v) is 4.43. The molecule has 39 heavy (non-hydrogen) atoms. The van der Waals surface area contributed by atoms with Crippen LogP contribution in [0.1, 0.15) is 21.5 Å². The molecular weight excluding hydrogens is 498 g/mol. The number of rotatable bonds is 8. The third-order valence-electron chi connectivity index (χ3n) is 6.43. The molecule has 0 atom stereocenters. The molecule has 3 aromatic carbocycles. The predicted molar refractivity (Wildman–Crippen MR) is 147 cm³/mol. The molecule has 1 aliphatic rings. The van der Waals surface area contributed by atoms with Crippen LogP contribution in [-0.4, -0.2) is 35.4 Å². The molecule has 3 N–H and O–H groups in total. The van der Waals surface area contributed by atoms with Gasteiger partial charge in [0.1, 0.15) is 0 Å². The van der Waals surface area contributed by atoms with Crippen LogP contribution in [0.3, 0.4) is 0 Å². The molecule has 0 fully saturated rings. The van der Waals surface area contributed by atoms with E-state index in [4.69, 9.17) is 4.74 Å². The number of pyridine rings is 1. The van der Waals surface area contributed by atoms with E-state index in [1.807, 2.05) is 30.3 Å². The van der Waals surface area contributed by atoms with Crippen molar-refractivity contribution in [2.75, 3.05) is 24.3 Å². The Bertz CT molecular complexity index is 1570. The first kappa shape index (κ1) is 25.4. The van der Waals surface area contributed by atoms with Gasteiger partial charge >= 0.3 is 5.69 Å². The second-order valence-electron chi connectivity index (χ2n) is 9.00. The number of ether oxygens (including phenoxy) is 1. The molecule has 2 amide bonds. The smallest absolute Gasteiger partial charge is 0.310 e. The van der Waals surface area contributed by atoms with E-state index in [2.05, 4.69) is 20.9 Å². The van der Waals surface area contributed by atoms with E-state index in [0.717, 1.165) is 16.7 Å². The van der Waals surface area contributed by atoms with Gasteiger partial charge in [-0.3, -0.25) is 24.7 Å². The molecule has 0 unspecified atom stereocenters. The quantitative estimate of drug-likeness (QED) is 0.221. The van der Waals surface area contributed by atoms with Crippen LogP contribution >= 0.6 is 0 Å². The fourth-order valence-electron chi connectivity index (χ4n) is 4.43. The summed E-state index contributed by atoms with van der Waals surface area (Å²) in [6.07, 6.45) is 4.34. The maximum absolute atomic E-state index is 13.0.